The molecule has 2 heterocycles. The number of amides is 1. The summed E-state index contributed by atoms with van der Waals surface area (Å²) in [6, 6.07) is 2.16. The summed E-state index contributed by atoms with van der Waals surface area (Å²) >= 11 is 0. The number of ketones is 1. The van der Waals surface area contributed by atoms with Gasteiger partial charge in [0.2, 0.25) is 0 Å². The minimum Gasteiger partial charge on any atom is -0.346 e. The predicted octanol–water partition coefficient (Wildman–Crippen LogP) is 3.41. The van der Waals surface area contributed by atoms with Gasteiger partial charge in [-0.1, -0.05) is 19.3 Å². The van der Waals surface area contributed by atoms with E-state index in [0.29, 0.717) is 23.2 Å². The van der Waals surface area contributed by atoms with Crippen molar-refractivity contribution < 1.29 is 9.59 Å². The van der Waals surface area contributed by atoms with Gasteiger partial charge in [-0.05, 0) is 44.6 Å². The molecule has 1 aromatic rings. The second kappa shape index (κ2) is 6.27. The number of aryl methyl sites for hydroxylation is 1. The van der Waals surface area contributed by atoms with E-state index in [9.17, 15) is 9.59 Å². The number of rotatable bonds is 3. The summed E-state index contributed by atoms with van der Waals surface area (Å²) in [5.74, 6) is 0.788. The van der Waals surface area contributed by atoms with Crippen LogP contribution in [-0.4, -0.2) is 33.7 Å². The Morgan fingerprint density at radius 1 is 1.09 bits per heavy atom. The molecule has 1 aliphatic heterocycles. The third-order valence-electron chi connectivity index (χ3n) is 5.38. The third-order valence-corrected chi connectivity index (χ3v) is 5.38. The van der Waals surface area contributed by atoms with E-state index >= 15 is 0 Å². The summed E-state index contributed by atoms with van der Waals surface area (Å²) in [6.45, 7) is 2.41. The molecule has 22 heavy (non-hydrogen) atoms. The van der Waals surface area contributed by atoms with E-state index in [2.05, 4.69) is 4.90 Å². The van der Waals surface area contributed by atoms with Crippen LogP contribution in [-0.2, 0) is 7.05 Å². The van der Waals surface area contributed by atoms with E-state index in [1.807, 2.05) is 7.05 Å². The Labute approximate surface area is 132 Å². The first-order valence-corrected chi connectivity index (χ1v) is 8.56. The number of carbonyl (C=O) groups is 2. The number of aromatic nitrogens is 1. The Bertz CT molecular complexity index is 570. The van der Waals surface area contributed by atoms with Crippen LogP contribution in [0.5, 0.6) is 0 Å². The maximum Gasteiger partial charge on any atom is 0.270 e. The fourth-order valence-electron chi connectivity index (χ4n) is 4.17. The van der Waals surface area contributed by atoms with Gasteiger partial charge in [-0.3, -0.25) is 9.59 Å². The van der Waals surface area contributed by atoms with E-state index in [0.717, 1.165) is 19.4 Å². The zero-order valence-corrected chi connectivity index (χ0v) is 13.7. The maximum atomic E-state index is 13.0. The molecule has 1 amide bonds. The van der Waals surface area contributed by atoms with Crippen molar-refractivity contribution in [3.05, 3.63) is 23.5 Å². The number of hydrogen-bond donors (Lipinski definition) is 0. The van der Waals surface area contributed by atoms with E-state index in [1.165, 1.54) is 32.1 Å². The van der Waals surface area contributed by atoms with Crippen molar-refractivity contribution in [1.29, 1.82) is 0 Å². The molecular weight excluding hydrogens is 276 g/mol. The number of nitrogens with zero attached hydrogens (tertiary/aromatic N) is 2. The highest BCUT2D eigenvalue weighted by Crippen LogP contribution is 2.35. The van der Waals surface area contributed by atoms with Gasteiger partial charge >= 0.3 is 0 Å². The molecule has 0 spiro atoms. The smallest absolute Gasteiger partial charge is 0.270 e. The van der Waals surface area contributed by atoms with Crippen LogP contribution in [0, 0.1) is 5.92 Å². The first-order valence-electron chi connectivity index (χ1n) is 8.56. The van der Waals surface area contributed by atoms with Crippen LogP contribution in [0.2, 0.25) is 0 Å². The fraction of sp³-hybridized carbons (Fsp3) is 0.667. The van der Waals surface area contributed by atoms with Gasteiger partial charge in [-0.2, -0.15) is 0 Å². The lowest BCUT2D eigenvalue weighted by molar-refractivity contribution is 0.0652. The molecule has 0 radical (unpaired) electrons. The molecule has 1 saturated carbocycles. The van der Waals surface area contributed by atoms with Gasteiger partial charge in [0.05, 0.1) is 0 Å². The highest BCUT2D eigenvalue weighted by Gasteiger charge is 2.36. The Balaban J connectivity index is 1.79. The number of Topliss-reactive ketones (excluding diaryl/α,β-unsaturated/α-hetero) is 1. The molecule has 4 heteroatoms. The maximum absolute atomic E-state index is 13.0. The van der Waals surface area contributed by atoms with Gasteiger partial charge in [0.15, 0.2) is 5.78 Å². The summed E-state index contributed by atoms with van der Waals surface area (Å²) < 4.78 is 1.80. The number of carbonyl (C=O) groups excluding carboxylic acids is 2. The SMILES string of the molecule is CC(=O)c1cc(C(=O)N2CCCC2C2CCCCC2)n(C)c1. The van der Waals surface area contributed by atoms with E-state index in [4.69, 9.17) is 0 Å². The summed E-state index contributed by atoms with van der Waals surface area (Å²) in [5, 5.41) is 0. The Hall–Kier alpha value is -1.58. The molecule has 120 valence electrons. The lowest BCUT2D eigenvalue weighted by Crippen LogP contribution is -2.41. The molecule has 0 bridgehead atoms. The van der Waals surface area contributed by atoms with Gasteiger partial charge in [-0.25, -0.2) is 0 Å². The van der Waals surface area contributed by atoms with Crippen molar-refractivity contribution in [2.75, 3.05) is 6.54 Å². The van der Waals surface area contributed by atoms with Crippen LogP contribution in [0.3, 0.4) is 0 Å². The molecule has 0 N–H and O–H groups in total. The van der Waals surface area contributed by atoms with Crippen LogP contribution >= 0.6 is 0 Å². The van der Waals surface area contributed by atoms with Crippen molar-refractivity contribution in [3.8, 4) is 0 Å². The largest absolute Gasteiger partial charge is 0.346 e. The average Bonchev–Trinajstić information content (AvgIpc) is 3.14. The number of hydrogen-bond acceptors (Lipinski definition) is 2. The summed E-state index contributed by atoms with van der Waals surface area (Å²) in [5.41, 5.74) is 1.27. The molecule has 2 fully saturated rings. The Morgan fingerprint density at radius 2 is 1.82 bits per heavy atom. The van der Waals surface area contributed by atoms with Crippen LogP contribution in [0.1, 0.15) is 72.7 Å². The monoisotopic (exact) mass is 302 g/mol. The summed E-state index contributed by atoms with van der Waals surface area (Å²) in [7, 11) is 1.85. The van der Waals surface area contributed by atoms with E-state index < -0.39 is 0 Å². The summed E-state index contributed by atoms with van der Waals surface area (Å²) in [4.78, 5) is 26.6. The van der Waals surface area contributed by atoms with Crippen molar-refractivity contribution >= 4 is 11.7 Å². The molecule has 2 aliphatic rings. The highest BCUT2D eigenvalue weighted by molar-refractivity contribution is 5.99. The minimum absolute atomic E-state index is 0.0138. The molecular formula is C18H26N2O2. The Morgan fingerprint density at radius 3 is 2.45 bits per heavy atom. The van der Waals surface area contributed by atoms with Crippen LogP contribution < -0.4 is 0 Å². The highest BCUT2D eigenvalue weighted by atomic mass is 16.2. The van der Waals surface area contributed by atoms with Crippen LogP contribution in [0.4, 0.5) is 0 Å². The zero-order valence-electron chi connectivity index (χ0n) is 13.7. The first kappa shape index (κ1) is 15.3. The molecule has 1 atom stereocenters. The van der Waals surface area contributed by atoms with Crippen LogP contribution in [0.25, 0.3) is 0 Å². The molecule has 1 aromatic heterocycles. The van der Waals surface area contributed by atoms with Crippen molar-refractivity contribution in [2.24, 2.45) is 13.0 Å². The molecule has 1 aliphatic carbocycles. The zero-order chi connectivity index (χ0) is 15.7. The quantitative estimate of drug-likeness (QED) is 0.803. The molecule has 1 unspecified atom stereocenters. The van der Waals surface area contributed by atoms with E-state index in [1.54, 1.807) is 23.8 Å². The van der Waals surface area contributed by atoms with E-state index in [-0.39, 0.29) is 11.7 Å². The standard InChI is InChI=1S/C18H26N2O2/c1-13(21)15-11-17(19(2)12-15)18(22)20-10-6-9-16(20)14-7-4-3-5-8-14/h11-12,14,16H,3-10H2,1-2H3. The van der Waals surface area contributed by atoms with Gasteiger partial charge in [0, 0.05) is 31.4 Å². The first-order chi connectivity index (χ1) is 10.6. The van der Waals surface area contributed by atoms with Gasteiger partial charge in [0.1, 0.15) is 5.69 Å². The van der Waals surface area contributed by atoms with Gasteiger partial charge in [-0.15, -0.1) is 0 Å². The van der Waals surface area contributed by atoms with Crippen molar-refractivity contribution in [1.82, 2.24) is 9.47 Å². The summed E-state index contributed by atoms with van der Waals surface area (Å²) in [6.07, 6.45) is 10.5. The topological polar surface area (TPSA) is 42.3 Å². The lowest BCUT2D eigenvalue weighted by atomic mass is 9.83. The molecule has 4 nitrogen and oxygen atoms in total. The van der Waals surface area contributed by atoms with Crippen LogP contribution in [0.15, 0.2) is 12.3 Å². The Kier molecular flexibility index (Phi) is 4.37. The molecule has 1 saturated heterocycles. The molecule has 3 rings (SSSR count). The van der Waals surface area contributed by atoms with Crippen molar-refractivity contribution in [3.63, 3.8) is 0 Å². The second-order valence-corrected chi connectivity index (χ2v) is 6.89. The minimum atomic E-state index is 0.0138. The lowest BCUT2D eigenvalue weighted by Gasteiger charge is -2.34. The third kappa shape index (κ3) is 2.83. The second-order valence-electron chi connectivity index (χ2n) is 6.89. The van der Waals surface area contributed by atoms with Gasteiger partial charge in [0.25, 0.3) is 5.91 Å². The fourth-order valence-corrected chi connectivity index (χ4v) is 4.17. The molecule has 0 aromatic carbocycles. The van der Waals surface area contributed by atoms with Crippen molar-refractivity contribution in [2.45, 2.75) is 57.9 Å². The predicted molar refractivity (Wildman–Crippen MR) is 86.1 cm³/mol. The number of likely N-dealkylation sites (tertiary alicyclic amines) is 1. The average molecular weight is 302 g/mol. The normalized spacial score (nSPS) is 23.0. The van der Waals surface area contributed by atoms with Gasteiger partial charge < -0.3 is 9.47 Å².